The maximum atomic E-state index is 12.0. The number of sulfone groups is 1. The summed E-state index contributed by atoms with van der Waals surface area (Å²) < 4.78 is 22.8. The van der Waals surface area contributed by atoms with Crippen molar-refractivity contribution in [1.82, 2.24) is 10.6 Å². The van der Waals surface area contributed by atoms with E-state index >= 15 is 0 Å². The van der Waals surface area contributed by atoms with Gasteiger partial charge in [-0.3, -0.25) is 9.59 Å². The van der Waals surface area contributed by atoms with Crippen LogP contribution in [0.3, 0.4) is 0 Å². The van der Waals surface area contributed by atoms with E-state index in [1.165, 1.54) is 19.3 Å². The largest absolute Gasteiger partial charge is 0.354 e. The fourth-order valence-electron chi connectivity index (χ4n) is 3.45. The Balaban J connectivity index is 1.66. The van der Waals surface area contributed by atoms with Gasteiger partial charge in [-0.25, -0.2) is 8.42 Å². The zero-order chi connectivity index (χ0) is 16.9. The fourth-order valence-corrected chi connectivity index (χ4v) is 5.31. The van der Waals surface area contributed by atoms with Crippen LogP contribution in [-0.4, -0.2) is 44.3 Å². The van der Waals surface area contributed by atoms with Gasteiger partial charge in [-0.1, -0.05) is 19.3 Å². The summed E-state index contributed by atoms with van der Waals surface area (Å²) in [5.74, 6) is 0.489. The van der Waals surface area contributed by atoms with Gasteiger partial charge in [-0.2, -0.15) is 0 Å². The van der Waals surface area contributed by atoms with E-state index in [1.54, 1.807) is 6.92 Å². The minimum atomic E-state index is -2.92. The van der Waals surface area contributed by atoms with Crippen molar-refractivity contribution in [2.45, 2.75) is 57.9 Å². The molecule has 2 amide bonds. The van der Waals surface area contributed by atoms with Gasteiger partial charge >= 0.3 is 0 Å². The molecule has 1 aliphatic carbocycles. The van der Waals surface area contributed by atoms with Gasteiger partial charge in [0.1, 0.15) is 6.04 Å². The van der Waals surface area contributed by atoms with Crippen LogP contribution in [0.4, 0.5) is 0 Å². The van der Waals surface area contributed by atoms with Crippen molar-refractivity contribution in [3.05, 3.63) is 0 Å². The molecule has 132 valence electrons. The van der Waals surface area contributed by atoms with Crippen molar-refractivity contribution >= 4 is 21.7 Å². The first-order valence-corrected chi connectivity index (χ1v) is 10.5. The molecule has 7 heteroatoms. The van der Waals surface area contributed by atoms with E-state index in [2.05, 4.69) is 10.6 Å². The Labute approximate surface area is 138 Å². The van der Waals surface area contributed by atoms with Gasteiger partial charge in [0.25, 0.3) is 0 Å². The van der Waals surface area contributed by atoms with Crippen LogP contribution < -0.4 is 10.6 Å². The highest BCUT2D eigenvalue weighted by Gasteiger charge is 2.28. The molecule has 2 rings (SSSR count). The highest BCUT2D eigenvalue weighted by Crippen LogP contribution is 2.26. The minimum Gasteiger partial charge on any atom is -0.354 e. The number of carbonyl (C=O) groups is 2. The minimum absolute atomic E-state index is 0.00547. The Hall–Kier alpha value is -1.11. The Kier molecular flexibility index (Phi) is 6.44. The Morgan fingerprint density at radius 1 is 1.09 bits per heavy atom. The van der Waals surface area contributed by atoms with E-state index in [4.69, 9.17) is 0 Å². The first-order valence-electron chi connectivity index (χ1n) is 8.63. The first-order chi connectivity index (χ1) is 10.9. The molecule has 0 aromatic heterocycles. The van der Waals surface area contributed by atoms with Gasteiger partial charge in [0.05, 0.1) is 11.5 Å². The summed E-state index contributed by atoms with van der Waals surface area (Å²) >= 11 is 0. The molecule has 2 N–H and O–H groups in total. The zero-order valence-corrected chi connectivity index (χ0v) is 14.7. The lowest BCUT2D eigenvalue weighted by molar-refractivity contribution is -0.129. The molecular formula is C16H28N2O4S. The molecule has 0 aromatic rings. The van der Waals surface area contributed by atoms with Crippen molar-refractivity contribution in [3.8, 4) is 0 Å². The number of hydrogen-bond donors (Lipinski definition) is 2. The van der Waals surface area contributed by atoms with Gasteiger partial charge < -0.3 is 10.6 Å². The molecule has 6 nitrogen and oxygen atoms in total. The molecule has 1 saturated heterocycles. The maximum Gasteiger partial charge on any atom is 0.242 e. The van der Waals surface area contributed by atoms with E-state index in [0.717, 1.165) is 12.8 Å². The molecule has 0 aromatic carbocycles. The number of hydrogen-bond acceptors (Lipinski definition) is 4. The van der Waals surface area contributed by atoms with E-state index < -0.39 is 15.9 Å². The molecular weight excluding hydrogens is 316 g/mol. The number of nitrogens with one attached hydrogen (secondary N) is 2. The topological polar surface area (TPSA) is 92.3 Å². The average Bonchev–Trinajstić information content (AvgIpc) is 2.85. The van der Waals surface area contributed by atoms with E-state index in [-0.39, 0.29) is 29.2 Å². The average molecular weight is 344 g/mol. The smallest absolute Gasteiger partial charge is 0.242 e. The molecule has 2 aliphatic rings. The van der Waals surface area contributed by atoms with E-state index in [0.29, 0.717) is 25.3 Å². The van der Waals surface area contributed by atoms with Crippen LogP contribution in [0.1, 0.15) is 51.9 Å². The van der Waals surface area contributed by atoms with Gasteiger partial charge in [-0.15, -0.1) is 0 Å². The monoisotopic (exact) mass is 344 g/mol. The molecule has 0 bridgehead atoms. The predicted molar refractivity (Wildman–Crippen MR) is 88.6 cm³/mol. The Morgan fingerprint density at radius 3 is 2.39 bits per heavy atom. The number of amides is 2. The first kappa shape index (κ1) is 18.2. The van der Waals surface area contributed by atoms with Crippen molar-refractivity contribution in [2.75, 3.05) is 18.1 Å². The summed E-state index contributed by atoms with van der Waals surface area (Å²) in [6.07, 6.45) is 6.95. The summed E-state index contributed by atoms with van der Waals surface area (Å²) in [5.41, 5.74) is 0. The highest BCUT2D eigenvalue weighted by atomic mass is 32.2. The highest BCUT2D eigenvalue weighted by molar-refractivity contribution is 7.91. The van der Waals surface area contributed by atoms with Crippen LogP contribution >= 0.6 is 0 Å². The lowest BCUT2D eigenvalue weighted by atomic mass is 9.87. The second kappa shape index (κ2) is 8.13. The molecule has 23 heavy (non-hydrogen) atoms. The number of rotatable bonds is 6. The molecule has 0 unspecified atom stereocenters. The summed E-state index contributed by atoms with van der Waals surface area (Å²) in [6, 6.07) is -0.580. The summed E-state index contributed by atoms with van der Waals surface area (Å²) in [4.78, 5) is 24.0. The maximum absolute atomic E-state index is 12.0. The molecule has 0 radical (unpaired) electrons. The van der Waals surface area contributed by atoms with Crippen LogP contribution in [-0.2, 0) is 19.4 Å². The van der Waals surface area contributed by atoms with Gasteiger partial charge in [0.2, 0.25) is 11.8 Å². The Morgan fingerprint density at radius 2 is 1.78 bits per heavy atom. The molecule has 2 fully saturated rings. The quantitative estimate of drug-likeness (QED) is 0.752. The molecule has 1 aliphatic heterocycles. The molecule has 0 spiro atoms. The summed E-state index contributed by atoms with van der Waals surface area (Å²) in [5, 5.41) is 5.50. The van der Waals surface area contributed by atoms with Crippen molar-refractivity contribution in [2.24, 2.45) is 11.8 Å². The normalized spacial score (nSPS) is 25.7. The van der Waals surface area contributed by atoms with Gasteiger partial charge in [0, 0.05) is 13.0 Å². The molecule has 2 atom stereocenters. The van der Waals surface area contributed by atoms with Crippen LogP contribution in [0.5, 0.6) is 0 Å². The fraction of sp³-hybridized carbons (Fsp3) is 0.875. The third-order valence-corrected chi connectivity index (χ3v) is 6.70. The van der Waals surface area contributed by atoms with Crippen molar-refractivity contribution < 1.29 is 18.0 Å². The van der Waals surface area contributed by atoms with Crippen LogP contribution in [0, 0.1) is 11.8 Å². The van der Waals surface area contributed by atoms with E-state index in [1.807, 2.05) is 0 Å². The van der Waals surface area contributed by atoms with Crippen LogP contribution in [0.2, 0.25) is 0 Å². The van der Waals surface area contributed by atoms with E-state index in [9.17, 15) is 18.0 Å². The predicted octanol–water partition coefficient (Wildman–Crippen LogP) is 1.01. The lowest BCUT2D eigenvalue weighted by Gasteiger charge is -2.22. The zero-order valence-electron chi connectivity index (χ0n) is 13.8. The Bertz CT molecular complexity index is 526. The lowest BCUT2D eigenvalue weighted by Crippen LogP contribution is -2.46. The molecule has 1 saturated carbocycles. The summed E-state index contributed by atoms with van der Waals surface area (Å²) in [7, 11) is -2.92. The summed E-state index contributed by atoms with van der Waals surface area (Å²) in [6.45, 7) is 2.03. The third kappa shape index (κ3) is 6.12. The van der Waals surface area contributed by atoms with Crippen LogP contribution in [0.15, 0.2) is 0 Å². The molecule has 1 heterocycles. The van der Waals surface area contributed by atoms with Gasteiger partial charge in [0.15, 0.2) is 9.84 Å². The standard InChI is InChI=1S/C16H28N2O4S/c1-12(18-15(19)9-13-5-3-2-4-6-13)16(20)17-10-14-7-8-23(21,22)11-14/h12-14H,2-11H2,1H3,(H,17,20)(H,18,19)/t12-,14-/m0/s1. The van der Waals surface area contributed by atoms with Crippen molar-refractivity contribution in [3.63, 3.8) is 0 Å². The van der Waals surface area contributed by atoms with Crippen LogP contribution in [0.25, 0.3) is 0 Å². The number of carbonyl (C=O) groups excluding carboxylic acids is 2. The second-order valence-electron chi connectivity index (χ2n) is 7.01. The SMILES string of the molecule is C[C@H](NC(=O)CC1CCCCC1)C(=O)NC[C@@H]1CCS(=O)(=O)C1. The second-order valence-corrected chi connectivity index (χ2v) is 9.24. The van der Waals surface area contributed by atoms with Crippen molar-refractivity contribution in [1.29, 1.82) is 0 Å². The third-order valence-electron chi connectivity index (χ3n) is 4.86. The van der Waals surface area contributed by atoms with Gasteiger partial charge in [-0.05, 0) is 38.0 Å².